The molecule has 0 amide bonds. The van der Waals surface area contributed by atoms with Crippen molar-refractivity contribution in [2.75, 3.05) is 0 Å². The van der Waals surface area contributed by atoms with Gasteiger partial charge in [-0.2, -0.15) is 0 Å². The van der Waals surface area contributed by atoms with E-state index in [1.807, 2.05) is 36.4 Å². The Labute approximate surface area is 147 Å². The summed E-state index contributed by atoms with van der Waals surface area (Å²) in [6, 6.07) is 20.3. The molecule has 2 heterocycles. The fraction of sp³-hybridized carbons (Fsp3) is 0.0588. The number of tetrazole rings is 1. The third-order valence-corrected chi connectivity index (χ3v) is 5.32. The molecular weight excluding hydrogens is 338 g/mol. The van der Waals surface area contributed by atoms with Gasteiger partial charge < -0.3 is 0 Å². The molecule has 0 aliphatic carbocycles. The zero-order chi connectivity index (χ0) is 16.2. The topological polar surface area (TPSA) is 56.5 Å². The van der Waals surface area contributed by atoms with Gasteiger partial charge in [0, 0.05) is 10.9 Å². The summed E-state index contributed by atoms with van der Waals surface area (Å²) in [6.45, 7) is 0.646. The van der Waals surface area contributed by atoms with E-state index in [1.165, 1.54) is 11.8 Å². The largest absolute Gasteiger partial charge is 0.229 e. The lowest BCUT2D eigenvalue weighted by atomic mass is 10.2. The predicted octanol–water partition coefficient (Wildman–Crippen LogP) is 4.00. The summed E-state index contributed by atoms with van der Waals surface area (Å²) in [6.07, 6.45) is 0. The summed E-state index contributed by atoms with van der Waals surface area (Å²) in [7, 11) is 0. The third-order valence-electron chi connectivity index (χ3n) is 3.41. The maximum Gasteiger partial charge on any atom is 0.216 e. The summed E-state index contributed by atoms with van der Waals surface area (Å²) in [5.74, 6) is 0. The Morgan fingerprint density at radius 2 is 1.71 bits per heavy atom. The van der Waals surface area contributed by atoms with E-state index in [9.17, 15) is 0 Å². The number of nitrogens with zero attached hydrogens (tertiary/aromatic N) is 5. The highest BCUT2D eigenvalue weighted by Gasteiger charge is 2.12. The van der Waals surface area contributed by atoms with E-state index < -0.39 is 0 Å². The molecule has 0 radical (unpaired) electrons. The van der Waals surface area contributed by atoms with Crippen LogP contribution in [0.3, 0.4) is 0 Å². The molecule has 0 aliphatic rings. The molecule has 4 aromatic rings. The Morgan fingerprint density at radius 3 is 2.50 bits per heavy atom. The van der Waals surface area contributed by atoms with Crippen LogP contribution in [0.25, 0.3) is 11.3 Å². The average Bonchev–Trinajstić information content (AvgIpc) is 3.27. The van der Waals surface area contributed by atoms with Gasteiger partial charge in [-0.15, -0.1) is 16.4 Å². The van der Waals surface area contributed by atoms with E-state index in [-0.39, 0.29) is 0 Å². The van der Waals surface area contributed by atoms with Gasteiger partial charge in [0.1, 0.15) is 0 Å². The normalized spacial score (nSPS) is 10.8. The van der Waals surface area contributed by atoms with E-state index in [0.717, 1.165) is 26.3 Å². The van der Waals surface area contributed by atoms with Gasteiger partial charge in [-0.25, -0.2) is 9.67 Å². The zero-order valence-corrected chi connectivity index (χ0v) is 14.2. The van der Waals surface area contributed by atoms with Crippen LogP contribution in [0.4, 0.5) is 0 Å². The molecule has 0 atom stereocenters. The summed E-state index contributed by atoms with van der Waals surface area (Å²) >= 11 is 3.09. The standard InChI is InChI=1S/C17H13N5S2/c1-3-7-13(8-4-1)11-22-16(19-20-21-22)24-17-18-15(12-23-17)14-9-5-2-6-10-14/h1-10,12H,11H2. The number of thiazole rings is 1. The summed E-state index contributed by atoms with van der Waals surface area (Å²) in [4.78, 5) is 4.68. The van der Waals surface area contributed by atoms with Crippen LogP contribution in [0.5, 0.6) is 0 Å². The van der Waals surface area contributed by atoms with Gasteiger partial charge in [-0.05, 0) is 27.8 Å². The molecule has 2 aromatic heterocycles. The Bertz CT molecular complexity index is 918. The quantitative estimate of drug-likeness (QED) is 0.544. The first-order valence-corrected chi connectivity index (χ1v) is 9.07. The second-order valence-electron chi connectivity index (χ2n) is 5.07. The van der Waals surface area contributed by atoms with Crippen LogP contribution < -0.4 is 0 Å². The van der Waals surface area contributed by atoms with Crippen LogP contribution in [-0.2, 0) is 6.54 Å². The van der Waals surface area contributed by atoms with Crippen molar-refractivity contribution in [2.45, 2.75) is 16.0 Å². The summed E-state index contributed by atoms with van der Waals surface area (Å²) in [5, 5.41) is 14.8. The second kappa shape index (κ2) is 6.94. The lowest BCUT2D eigenvalue weighted by Gasteiger charge is -2.02. The molecule has 0 bridgehead atoms. The van der Waals surface area contributed by atoms with Crippen LogP contribution in [0.2, 0.25) is 0 Å². The predicted molar refractivity (Wildman–Crippen MR) is 95.0 cm³/mol. The first kappa shape index (κ1) is 15.0. The Hall–Kier alpha value is -2.51. The highest BCUT2D eigenvalue weighted by atomic mass is 32.2. The van der Waals surface area contributed by atoms with Gasteiger partial charge in [0.05, 0.1) is 12.2 Å². The molecule has 7 heteroatoms. The van der Waals surface area contributed by atoms with E-state index in [0.29, 0.717) is 6.54 Å². The van der Waals surface area contributed by atoms with Crippen molar-refractivity contribution >= 4 is 23.1 Å². The Balaban J connectivity index is 1.53. The van der Waals surface area contributed by atoms with Crippen molar-refractivity contribution in [3.63, 3.8) is 0 Å². The third kappa shape index (κ3) is 3.37. The molecule has 118 valence electrons. The van der Waals surface area contributed by atoms with Crippen LogP contribution in [-0.4, -0.2) is 25.2 Å². The fourth-order valence-electron chi connectivity index (χ4n) is 2.25. The van der Waals surface area contributed by atoms with Crippen molar-refractivity contribution in [2.24, 2.45) is 0 Å². The minimum Gasteiger partial charge on any atom is -0.229 e. The highest BCUT2D eigenvalue weighted by Crippen LogP contribution is 2.31. The number of hydrogen-bond donors (Lipinski definition) is 0. The molecule has 0 spiro atoms. The number of benzene rings is 2. The SMILES string of the molecule is c1ccc(Cn2nnnc2Sc2nc(-c3ccccc3)cs2)cc1. The Morgan fingerprint density at radius 1 is 0.958 bits per heavy atom. The minimum atomic E-state index is 0.646. The average molecular weight is 351 g/mol. The minimum absolute atomic E-state index is 0.646. The van der Waals surface area contributed by atoms with Crippen molar-refractivity contribution in [1.82, 2.24) is 25.2 Å². The van der Waals surface area contributed by atoms with Crippen LogP contribution in [0.15, 0.2) is 75.5 Å². The fourth-order valence-corrected chi connectivity index (χ4v) is 3.95. The van der Waals surface area contributed by atoms with Gasteiger partial charge in [0.25, 0.3) is 0 Å². The zero-order valence-electron chi connectivity index (χ0n) is 12.6. The van der Waals surface area contributed by atoms with Crippen LogP contribution in [0.1, 0.15) is 5.56 Å². The molecule has 2 aromatic carbocycles. The summed E-state index contributed by atoms with van der Waals surface area (Å²) < 4.78 is 2.72. The monoisotopic (exact) mass is 351 g/mol. The molecule has 5 nitrogen and oxygen atoms in total. The molecule has 4 rings (SSSR count). The lowest BCUT2D eigenvalue weighted by molar-refractivity contribution is 0.603. The molecule has 24 heavy (non-hydrogen) atoms. The smallest absolute Gasteiger partial charge is 0.216 e. The number of hydrogen-bond acceptors (Lipinski definition) is 6. The van der Waals surface area contributed by atoms with E-state index in [4.69, 9.17) is 0 Å². The van der Waals surface area contributed by atoms with Crippen LogP contribution in [0, 0.1) is 0 Å². The van der Waals surface area contributed by atoms with Gasteiger partial charge >= 0.3 is 0 Å². The van der Waals surface area contributed by atoms with Gasteiger partial charge in [0.2, 0.25) is 5.16 Å². The number of rotatable bonds is 5. The second-order valence-corrected chi connectivity index (χ2v) is 7.14. The lowest BCUT2D eigenvalue weighted by Crippen LogP contribution is -2.03. The van der Waals surface area contributed by atoms with Gasteiger partial charge in [-0.3, -0.25) is 0 Å². The molecule has 0 unspecified atom stereocenters. The first-order chi connectivity index (χ1) is 11.9. The first-order valence-electron chi connectivity index (χ1n) is 7.37. The highest BCUT2D eigenvalue weighted by molar-refractivity contribution is 8.00. The molecule has 0 saturated carbocycles. The summed E-state index contributed by atoms with van der Waals surface area (Å²) in [5.41, 5.74) is 3.26. The maximum absolute atomic E-state index is 4.68. The molecule has 0 N–H and O–H groups in total. The van der Waals surface area contributed by atoms with E-state index >= 15 is 0 Å². The maximum atomic E-state index is 4.68. The van der Waals surface area contributed by atoms with Crippen molar-refractivity contribution in [3.05, 3.63) is 71.6 Å². The molecular formula is C17H13N5S2. The van der Waals surface area contributed by atoms with Crippen molar-refractivity contribution in [1.29, 1.82) is 0 Å². The van der Waals surface area contributed by atoms with Crippen molar-refractivity contribution < 1.29 is 0 Å². The Kier molecular flexibility index (Phi) is 4.35. The molecule has 0 saturated heterocycles. The van der Waals surface area contributed by atoms with Gasteiger partial charge in [0.15, 0.2) is 4.34 Å². The van der Waals surface area contributed by atoms with Crippen LogP contribution >= 0.6 is 23.1 Å². The van der Waals surface area contributed by atoms with E-state index in [2.05, 4.69) is 50.2 Å². The molecule has 0 aliphatic heterocycles. The number of aromatic nitrogens is 5. The van der Waals surface area contributed by atoms with E-state index in [1.54, 1.807) is 16.0 Å². The van der Waals surface area contributed by atoms with Crippen molar-refractivity contribution in [3.8, 4) is 11.3 Å². The van der Waals surface area contributed by atoms with Gasteiger partial charge in [-0.1, -0.05) is 60.7 Å². The molecule has 0 fully saturated rings.